The van der Waals surface area contributed by atoms with Gasteiger partial charge in [0, 0.05) is 6.42 Å². The maximum absolute atomic E-state index is 12.9. The summed E-state index contributed by atoms with van der Waals surface area (Å²) in [4.78, 5) is 25.4. The van der Waals surface area contributed by atoms with E-state index in [1.807, 2.05) is 27.2 Å². The molecule has 3 unspecified atom stereocenters. The van der Waals surface area contributed by atoms with Crippen molar-refractivity contribution in [2.75, 3.05) is 40.9 Å². The van der Waals surface area contributed by atoms with Crippen molar-refractivity contribution in [3.05, 3.63) is 48.6 Å². The van der Waals surface area contributed by atoms with Crippen molar-refractivity contribution in [1.82, 2.24) is 5.32 Å². The lowest BCUT2D eigenvalue weighted by atomic mass is 10.0. The van der Waals surface area contributed by atoms with E-state index in [1.165, 1.54) is 193 Å². The Morgan fingerprint density at radius 2 is 0.894 bits per heavy atom. The van der Waals surface area contributed by atoms with E-state index in [4.69, 9.17) is 9.05 Å². The molecule has 8 nitrogen and oxygen atoms in total. The van der Waals surface area contributed by atoms with Crippen LogP contribution in [0.5, 0.6) is 0 Å². The summed E-state index contributed by atoms with van der Waals surface area (Å²) in [7, 11) is 1.25. The minimum atomic E-state index is -4.60. The topological polar surface area (TPSA) is 108 Å². The Bertz CT molecular complexity index is 1210. The zero-order chi connectivity index (χ0) is 48.5. The number of phosphoric ester groups is 1. The summed E-state index contributed by atoms with van der Waals surface area (Å²) in [6.45, 7) is 4.61. The predicted octanol–water partition coefficient (Wildman–Crippen LogP) is 16.1. The van der Waals surface area contributed by atoms with Gasteiger partial charge in [-0.1, -0.05) is 236 Å². The third-order valence-corrected chi connectivity index (χ3v) is 13.5. The molecule has 0 bridgehead atoms. The molecule has 0 radical (unpaired) electrons. The van der Waals surface area contributed by atoms with E-state index in [0.717, 1.165) is 44.9 Å². The molecule has 0 heterocycles. The highest BCUT2D eigenvalue weighted by Crippen LogP contribution is 2.38. The lowest BCUT2D eigenvalue weighted by Crippen LogP contribution is -2.45. The molecule has 0 aliphatic carbocycles. The molecule has 0 aliphatic heterocycles. The van der Waals surface area contributed by atoms with Gasteiger partial charge < -0.3 is 28.8 Å². The molecule has 388 valence electrons. The van der Waals surface area contributed by atoms with Crippen molar-refractivity contribution in [2.24, 2.45) is 0 Å². The molecule has 0 saturated carbocycles. The first-order valence-corrected chi connectivity index (χ1v) is 29.5. The standard InChI is InChI=1S/C57H109N2O6P/c1-6-8-10-12-14-16-18-19-20-21-22-23-24-25-26-27-28-29-30-31-32-33-34-35-36-37-38-39-41-43-45-47-49-51-57(61)58-55(54-65-66(62,63)64-53-52-59(3,4)5)56(60)50-48-46-44-42-40-17-15-13-11-9-7-2/h22-23,25-26,40,42,48,50,55-56,60H,6-21,24,27-39,41,43-47,49,51-54H2,1-5H3,(H-,58,61,62,63)/b23-22-,26-25-,42-40+,50-48+. The number of aliphatic hydroxyl groups is 1. The zero-order valence-electron chi connectivity index (χ0n) is 44.1. The molecule has 2 N–H and O–H groups in total. The molecule has 0 fully saturated rings. The number of carbonyl (C=O) groups excluding carboxylic acids is 1. The van der Waals surface area contributed by atoms with Crippen LogP contribution in [0.1, 0.15) is 258 Å². The molecular weight excluding hydrogens is 840 g/mol. The number of phosphoric acid groups is 1. The Morgan fingerprint density at radius 1 is 0.530 bits per heavy atom. The fraction of sp³-hybridized carbons (Fsp3) is 0.842. The van der Waals surface area contributed by atoms with Crippen molar-refractivity contribution >= 4 is 13.7 Å². The van der Waals surface area contributed by atoms with Gasteiger partial charge in [0.2, 0.25) is 5.91 Å². The van der Waals surface area contributed by atoms with Crippen LogP contribution >= 0.6 is 7.82 Å². The highest BCUT2D eigenvalue weighted by Gasteiger charge is 2.23. The lowest BCUT2D eigenvalue weighted by Gasteiger charge is -2.29. The van der Waals surface area contributed by atoms with Crippen molar-refractivity contribution in [1.29, 1.82) is 0 Å². The highest BCUT2D eigenvalue weighted by atomic mass is 31.2. The summed E-state index contributed by atoms with van der Waals surface area (Å²) >= 11 is 0. The Balaban J connectivity index is 3.99. The molecule has 0 rings (SSSR count). The van der Waals surface area contributed by atoms with E-state index in [-0.39, 0.29) is 12.5 Å². The average molecular weight is 949 g/mol. The molecular formula is C57H109N2O6P. The van der Waals surface area contributed by atoms with Gasteiger partial charge in [0.05, 0.1) is 39.9 Å². The molecule has 0 saturated heterocycles. The van der Waals surface area contributed by atoms with E-state index in [1.54, 1.807) is 6.08 Å². The van der Waals surface area contributed by atoms with Crippen LogP contribution in [0, 0.1) is 0 Å². The molecule has 9 heteroatoms. The van der Waals surface area contributed by atoms with Gasteiger partial charge in [-0.2, -0.15) is 0 Å². The maximum atomic E-state index is 12.9. The summed E-state index contributed by atoms with van der Waals surface area (Å²) in [5.74, 6) is -0.207. The molecule has 0 aromatic rings. The summed E-state index contributed by atoms with van der Waals surface area (Å²) < 4.78 is 23.2. The molecule has 0 aromatic carbocycles. The Morgan fingerprint density at radius 3 is 1.32 bits per heavy atom. The average Bonchev–Trinajstić information content (AvgIpc) is 3.28. The van der Waals surface area contributed by atoms with Gasteiger partial charge in [0.15, 0.2) is 0 Å². The number of nitrogens with one attached hydrogen (secondary N) is 1. The minimum Gasteiger partial charge on any atom is -0.756 e. The molecule has 0 aromatic heterocycles. The Labute approximate surface area is 409 Å². The first-order valence-electron chi connectivity index (χ1n) is 28.0. The van der Waals surface area contributed by atoms with E-state index in [2.05, 4.69) is 55.6 Å². The number of unbranched alkanes of at least 4 members (excludes halogenated alkanes) is 32. The number of carbonyl (C=O) groups is 1. The van der Waals surface area contributed by atoms with Gasteiger partial charge in [0.1, 0.15) is 13.2 Å². The van der Waals surface area contributed by atoms with Crippen LogP contribution in [0.3, 0.4) is 0 Å². The second kappa shape index (κ2) is 48.5. The number of rotatable bonds is 51. The monoisotopic (exact) mass is 949 g/mol. The SMILES string of the molecule is CCCCCCC/C=C/CC/C=C/C(O)C(COP(=O)([O-])OCC[N+](C)(C)C)NC(=O)CCCCCCCCCCCCCCCCCCC/C=C\C/C=C\CCCCCCCCCCC. The van der Waals surface area contributed by atoms with E-state index in [9.17, 15) is 19.4 Å². The number of hydrogen-bond acceptors (Lipinski definition) is 6. The van der Waals surface area contributed by atoms with Crippen LogP contribution in [0.2, 0.25) is 0 Å². The number of likely N-dealkylation sites (N-methyl/N-ethyl adjacent to an activating group) is 1. The summed E-state index contributed by atoms with van der Waals surface area (Å²) in [5.41, 5.74) is 0. The van der Waals surface area contributed by atoms with Gasteiger partial charge in [0.25, 0.3) is 7.82 Å². The second-order valence-electron chi connectivity index (χ2n) is 20.3. The minimum absolute atomic E-state index is 0.00646. The number of hydrogen-bond donors (Lipinski definition) is 2. The first-order chi connectivity index (χ1) is 32.0. The van der Waals surface area contributed by atoms with Gasteiger partial charge in [-0.05, 0) is 64.2 Å². The van der Waals surface area contributed by atoms with Crippen LogP contribution < -0.4 is 10.2 Å². The largest absolute Gasteiger partial charge is 0.756 e. The van der Waals surface area contributed by atoms with Crippen molar-refractivity contribution in [2.45, 2.75) is 270 Å². The fourth-order valence-electron chi connectivity index (χ4n) is 8.08. The number of amides is 1. The third kappa shape index (κ3) is 50.3. The molecule has 0 spiro atoms. The number of quaternary nitrogens is 1. The van der Waals surface area contributed by atoms with Gasteiger partial charge >= 0.3 is 0 Å². The summed E-state index contributed by atoms with van der Waals surface area (Å²) in [6.07, 6.45) is 63.5. The molecule has 0 aliphatic rings. The van der Waals surface area contributed by atoms with Gasteiger partial charge in [-0.25, -0.2) is 0 Å². The number of nitrogens with zero attached hydrogens (tertiary/aromatic N) is 1. The molecule has 1 amide bonds. The Kier molecular flexibility index (Phi) is 47.4. The van der Waals surface area contributed by atoms with E-state index >= 15 is 0 Å². The number of allylic oxidation sites excluding steroid dienone is 7. The van der Waals surface area contributed by atoms with Crippen molar-refractivity contribution < 1.29 is 32.9 Å². The highest BCUT2D eigenvalue weighted by molar-refractivity contribution is 7.45. The quantitative estimate of drug-likeness (QED) is 0.0272. The van der Waals surface area contributed by atoms with Crippen molar-refractivity contribution in [3.63, 3.8) is 0 Å². The predicted molar refractivity (Wildman–Crippen MR) is 284 cm³/mol. The summed E-state index contributed by atoms with van der Waals surface area (Å²) in [5, 5.41) is 13.8. The zero-order valence-corrected chi connectivity index (χ0v) is 45.0. The maximum Gasteiger partial charge on any atom is 0.268 e. The van der Waals surface area contributed by atoms with Gasteiger partial charge in [-0.3, -0.25) is 9.36 Å². The summed E-state index contributed by atoms with van der Waals surface area (Å²) in [6, 6.07) is -0.901. The van der Waals surface area contributed by atoms with Crippen LogP contribution in [-0.2, 0) is 18.4 Å². The second-order valence-corrected chi connectivity index (χ2v) is 21.7. The Hall–Kier alpha value is -1.54. The molecule has 3 atom stereocenters. The normalized spacial score (nSPS) is 14.3. The van der Waals surface area contributed by atoms with Crippen LogP contribution in [0.25, 0.3) is 0 Å². The smallest absolute Gasteiger partial charge is 0.268 e. The number of aliphatic hydroxyl groups excluding tert-OH is 1. The lowest BCUT2D eigenvalue weighted by molar-refractivity contribution is -0.870. The van der Waals surface area contributed by atoms with E-state index < -0.39 is 26.6 Å². The van der Waals surface area contributed by atoms with E-state index in [0.29, 0.717) is 17.4 Å². The third-order valence-electron chi connectivity index (χ3n) is 12.5. The first kappa shape index (κ1) is 64.5. The van der Waals surface area contributed by atoms with Crippen LogP contribution in [-0.4, -0.2) is 68.5 Å². The van der Waals surface area contributed by atoms with Crippen LogP contribution in [0.4, 0.5) is 0 Å². The molecule has 66 heavy (non-hydrogen) atoms. The fourth-order valence-corrected chi connectivity index (χ4v) is 8.81. The van der Waals surface area contributed by atoms with Crippen LogP contribution in [0.15, 0.2) is 48.6 Å². The van der Waals surface area contributed by atoms with Crippen molar-refractivity contribution in [3.8, 4) is 0 Å². The van der Waals surface area contributed by atoms with Gasteiger partial charge in [-0.15, -0.1) is 0 Å².